The first-order chi connectivity index (χ1) is 3.52. The van der Waals surface area contributed by atoms with Gasteiger partial charge in [0.2, 0.25) is 0 Å². The van der Waals surface area contributed by atoms with Gasteiger partial charge < -0.3 is 0 Å². The van der Waals surface area contributed by atoms with Crippen LogP contribution >= 0.6 is 23.2 Å². The van der Waals surface area contributed by atoms with Crippen LogP contribution in [0.2, 0.25) is 0 Å². The van der Waals surface area contributed by atoms with E-state index in [0.717, 1.165) is 5.92 Å². The van der Waals surface area contributed by atoms with Gasteiger partial charge in [-0.3, -0.25) is 0 Å². The summed E-state index contributed by atoms with van der Waals surface area (Å²) in [5.74, 6) is 1.29. The summed E-state index contributed by atoms with van der Waals surface area (Å²) in [6, 6.07) is 0. The average molecular weight is 153 g/mol. The van der Waals surface area contributed by atoms with Crippen molar-refractivity contribution in [3.63, 3.8) is 0 Å². The van der Waals surface area contributed by atoms with E-state index in [4.69, 9.17) is 23.2 Å². The molecule has 1 aliphatic rings. The molecule has 0 saturated heterocycles. The average Bonchev–Trinajstić information content (AvgIpc) is 2.13. The Bertz CT molecular complexity index is 93.2. The van der Waals surface area contributed by atoms with Crippen LogP contribution in [-0.2, 0) is 0 Å². The predicted molar refractivity (Wildman–Crippen MR) is 37.4 cm³/mol. The quantitative estimate of drug-likeness (QED) is 0.508. The third-order valence-corrected chi connectivity index (χ3v) is 2.32. The first-order valence-corrected chi connectivity index (χ1v) is 3.65. The van der Waals surface area contributed by atoms with Gasteiger partial charge in [0.1, 0.15) is 4.33 Å². The largest absolute Gasteiger partial charge is 0.118 e. The highest BCUT2D eigenvalue weighted by Gasteiger charge is 2.45. The molecule has 0 nitrogen and oxygen atoms in total. The van der Waals surface area contributed by atoms with E-state index in [0.29, 0.717) is 5.92 Å². The molecule has 0 spiro atoms. The maximum atomic E-state index is 5.79. The smallest absolute Gasteiger partial charge is 0.102 e. The van der Waals surface area contributed by atoms with Crippen molar-refractivity contribution in [2.75, 3.05) is 0 Å². The van der Waals surface area contributed by atoms with Gasteiger partial charge in [0.25, 0.3) is 0 Å². The molecule has 0 heterocycles. The minimum atomic E-state index is -0.473. The van der Waals surface area contributed by atoms with E-state index in [2.05, 4.69) is 6.92 Å². The molecule has 0 aliphatic heterocycles. The maximum absolute atomic E-state index is 5.79. The number of hydrogen-bond acceptors (Lipinski definition) is 0. The molecule has 0 aromatic carbocycles. The summed E-state index contributed by atoms with van der Waals surface area (Å²) in [5, 5.41) is 0. The molecule has 0 amide bonds. The lowest BCUT2D eigenvalue weighted by molar-refractivity contribution is 0.680. The summed E-state index contributed by atoms with van der Waals surface area (Å²) < 4.78 is -0.473. The summed E-state index contributed by atoms with van der Waals surface area (Å²) >= 11 is 11.6. The van der Waals surface area contributed by atoms with Gasteiger partial charge in [-0.1, -0.05) is 6.92 Å². The van der Waals surface area contributed by atoms with Crippen molar-refractivity contribution in [1.29, 1.82) is 0 Å². The van der Waals surface area contributed by atoms with Crippen LogP contribution in [0.4, 0.5) is 0 Å². The summed E-state index contributed by atoms with van der Waals surface area (Å²) in [5.41, 5.74) is 0. The number of halogens is 2. The number of hydrogen-bond donors (Lipinski definition) is 0. The van der Waals surface area contributed by atoms with Gasteiger partial charge in [0, 0.05) is 0 Å². The van der Waals surface area contributed by atoms with E-state index >= 15 is 0 Å². The number of alkyl halides is 2. The third kappa shape index (κ3) is 1.29. The minimum Gasteiger partial charge on any atom is -0.102 e. The molecule has 0 unspecified atom stereocenters. The molecule has 2 heteroatoms. The topological polar surface area (TPSA) is 0 Å². The van der Waals surface area contributed by atoms with E-state index < -0.39 is 4.33 Å². The molecule has 0 aromatic rings. The Labute approximate surface area is 60.2 Å². The van der Waals surface area contributed by atoms with E-state index in [1.807, 2.05) is 6.92 Å². The van der Waals surface area contributed by atoms with Crippen molar-refractivity contribution in [3.8, 4) is 0 Å². The summed E-state index contributed by atoms with van der Waals surface area (Å²) in [7, 11) is 0. The molecular formula is C6H10Cl2. The highest BCUT2D eigenvalue weighted by molar-refractivity contribution is 6.48. The second kappa shape index (κ2) is 1.78. The van der Waals surface area contributed by atoms with E-state index in [-0.39, 0.29) is 0 Å². The van der Waals surface area contributed by atoms with Crippen molar-refractivity contribution in [2.45, 2.75) is 24.6 Å². The van der Waals surface area contributed by atoms with Gasteiger partial charge in [0.05, 0.1) is 0 Å². The van der Waals surface area contributed by atoms with Gasteiger partial charge in [0.15, 0.2) is 0 Å². The van der Waals surface area contributed by atoms with Crippen molar-refractivity contribution in [2.24, 2.45) is 11.8 Å². The molecule has 1 rings (SSSR count). The zero-order valence-corrected chi connectivity index (χ0v) is 6.63. The number of rotatable bonds is 1. The lowest BCUT2D eigenvalue weighted by Crippen LogP contribution is -2.09. The van der Waals surface area contributed by atoms with E-state index in [1.165, 1.54) is 6.42 Å². The standard InChI is InChI=1S/C6H10Cl2/c1-4-3-5(4)6(2,7)8/h4-5H,3H2,1-2H3/t4-,5-/m1/s1. The third-order valence-electron chi connectivity index (χ3n) is 1.76. The lowest BCUT2D eigenvalue weighted by atomic mass is 10.2. The SMILES string of the molecule is C[C@@H]1C[C@H]1C(C)(Cl)Cl. The summed E-state index contributed by atoms with van der Waals surface area (Å²) in [6.07, 6.45) is 1.20. The van der Waals surface area contributed by atoms with Gasteiger partial charge in [-0.25, -0.2) is 0 Å². The van der Waals surface area contributed by atoms with Gasteiger partial charge in [-0.15, -0.1) is 23.2 Å². The Morgan fingerprint density at radius 2 is 1.88 bits per heavy atom. The fraction of sp³-hybridized carbons (Fsp3) is 1.00. The molecule has 48 valence electrons. The van der Waals surface area contributed by atoms with E-state index in [1.54, 1.807) is 0 Å². The molecule has 1 saturated carbocycles. The molecule has 0 bridgehead atoms. The fourth-order valence-electron chi connectivity index (χ4n) is 1.03. The van der Waals surface area contributed by atoms with Gasteiger partial charge in [-0.2, -0.15) is 0 Å². The Hall–Kier alpha value is 0.580. The molecule has 2 atom stereocenters. The molecule has 0 radical (unpaired) electrons. The predicted octanol–water partition coefficient (Wildman–Crippen LogP) is 2.84. The Balaban J connectivity index is 2.39. The van der Waals surface area contributed by atoms with Crippen LogP contribution in [-0.4, -0.2) is 4.33 Å². The molecule has 1 aliphatic carbocycles. The summed E-state index contributed by atoms with van der Waals surface area (Å²) in [4.78, 5) is 0. The van der Waals surface area contributed by atoms with Crippen molar-refractivity contribution < 1.29 is 0 Å². The van der Waals surface area contributed by atoms with Crippen LogP contribution in [0.15, 0.2) is 0 Å². The van der Waals surface area contributed by atoms with Crippen LogP contribution in [0.3, 0.4) is 0 Å². The monoisotopic (exact) mass is 152 g/mol. The normalized spacial score (nSPS) is 37.5. The van der Waals surface area contributed by atoms with Crippen molar-refractivity contribution in [1.82, 2.24) is 0 Å². The zero-order valence-electron chi connectivity index (χ0n) is 5.12. The van der Waals surface area contributed by atoms with Gasteiger partial charge in [-0.05, 0) is 25.2 Å². The Morgan fingerprint density at radius 1 is 1.50 bits per heavy atom. The molecular weight excluding hydrogens is 143 g/mol. The molecule has 0 N–H and O–H groups in total. The first kappa shape index (κ1) is 6.70. The van der Waals surface area contributed by atoms with Crippen molar-refractivity contribution >= 4 is 23.2 Å². The zero-order chi connectivity index (χ0) is 6.36. The van der Waals surface area contributed by atoms with Gasteiger partial charge >= 0.3 is 0 Å². The molecule has 0 aromatic heterocycles. The second-order valence-corrected chi connectivity index (χ2v) is 4.54. The molecule has 8 heavy (non-hydrogen) atoms. The van der Waals surface area contributed by atoms with Crippen LogP contribution in [0, 0.1) is 11.8 Å². The minimum absolute atomic E-state index is 0.473. The Morgan fingerprint density at radius 3 is 1.88 bits per heavy atom. The van der Waals surface area contributed by atoms with Crippen molar-refractivity contribution in [3.05, 3.63) is 0 Å². The second-order valence-electron chi connectivity index (χ2n) is 2.78. The van der Waals surface area contributed by atoms with Crippen LogP contribution in [0.25, 0.3) is 0 Å². The Kier molecular flexibility index (Phi) is 1.49. The maximum Gasteiger partial charge on any atom is 0.118 e. The van der Waals surface area contributed by atoms with E-state index in [9.17, 15) is 0 Å². The highest BCUT2D eigenvalue weighted by atomic mass is 35.5. The van der Waals surface area contributed by atoms with Crippen LogP contribution in [0.1, 0.15) is 20.3 Å². The van der Waals surface area contributed by atoms with Crippen LogP contribution < -0.4 is 0 Å². The molecule has 1 fully saturated rings. The summed E-state index contributed by atoms with van der Waals surface area (Å²) in [6.45, 7) is 4.04. The highest BCUT2D eigenvalue weighted by Crippen LogP contribution is 2.50. The fourth-order valence-corrected chi connectivity index (χ4v) is 1.64. The lowest BCUT2D eigenvalue weighted by Gasteiger charge is -2.10. The first-order valence-electron chi connectivity index (χ1n) is 2.89. The van der Waals surface area contributed by atoms with Crippen LogP contribution in [0.5, 0.6) is 0 Å².